The van der Waals surface area contributed by atoms with E-state index in [9.17, 15) is 4.79 Å². The maximum atomic E-state index is 11.8. The molecule has 1 fully saturated rings. The summed E-state index contributed by atoms with van der Waals surface area (Å²) in [6, 6.07) is 0.546. The Kier molecular flexibility index (Phi) is 4.58. The van der Waals surface area contributed by atoms with Crippen molar-refractivity contribution in [2.45, 2.75) is 45.7 Å². The molecule has 19 heavy (non-hydrogen) atoms. The first-order valence-electron chi connectivity index (χ1n) is 7.04. The second-order valence-electron chi connectivity index (χ2n) is 5.24. The van der Waals surface area contributed by atoms with E-state index in [1.165, 1.54) is 19.3 Å². The molecular weight excluding hydrogens is 242 g/mol. The zero-order valence-electron chi connectivity index (χ0n) is 12.0. The smallest absolute Gasteiger partial charge is 0.341 e. The van der Waals surface area contributed by atoms with Crippen LogP contribution in [0.5, 0.6) is 0 Å². The van der Waals surface area contributed by atoms with Gasteiger partial charge in [0.1, 0.15) is 5.56 Å². The largest absolute Gasteiger partial charge is 0.462 e. The molecule has 0 aliphatic heterocycles. The second-order valence-corrected chi connectivity index (χ2v) is 5.24. The standard InChI is InChI=1S/C14H23N3O2/c1-4-19-14(18)11-8-16-17(3)13(11)9-15-12-7-5-6-10(12)2/h8,10,12,15H,4-7,9H2,1-3H3. The van der Waals surface area contributed by atoms with Crippen LogP contribution in [0.1, 0.15) is 49.2 Å². The molecule has 0 bridgehead atoms. The maximum absolute atomic E-state index is 11.8. The molecule has 2 rings (SSSR count). The second kappa shape index (κ2) is 6.19. The van der Waals surface area contributed by atoms with E-state index in [1.807, 2.05) is 14.0 Å². The first-order chi connectivity index (χ1) is 9.13. The fourth-order valence-electron chi connectivity index (χ4n) is 2.73. The van der Waals surface area contributed by atoms with E-state index >= 15 is 0 Å². The van der Waals surface area contributed by atoms with Crippen LogP contribution in [0.2, 0.25) is 0 Å². The van der Waals surface area contributed by atoms with Crippen molar-refractivity contribution in [3.63, 3.8) is 0 Å². The average molecular weight is 265 g/mol. The summed E-state index contributed by atoms with van der Waals surface area (Å²) in [7, 11) is 1.86. The van der Waals surface area contributed by atoms with Crippen LogP contribution in [-0.2, 0) is 18.3 Å². The van der Waals surface area contributed by atoms with Crippen LogP contribution >= 0.6 is 0 Å². The molecule has 1 aromatic heterocycles. The Balaban J connectivity index is 2.02. The summed E-state index contributed by atoms with van der Waals surface area (Å²) >= 11 is 0. The third-order valence-corrected chi connectivity index (χ3v) is 3.95. The highest BCUT2D eigenvalue weighted by Crippen LogP contribution is 2.25. The highest BCUT2D eigenvalue weighted by Gasteiger charge is 2.24. The third-order valence-electron chi connectivity index (χ3n) is 3.95. The molecule has 5 nitrogen and oxygen atoms in total. The number of carbonyl (C=O) groups excluding carboxylic acids is 1. The molecule has 0 saturated heterocycles. The van der Waals surface area contributed by atoms with E-state index in [0.29, 0.717) is 30.7 Å². The fraction of sp³-hybridized carbons (Fsp3) is 0.714. The van der Waals surface area contributed by atoms with Crippen molar-refractivity contribution in [3.8, 4) is 0 Å². The Morgan fingerprint density at radius 2 is 2.37 bits per heavy atom. The normalized spacial score (nSPS) is 22.7. The zero-order valence-corrected chi connectivity index (χ0v) is 12.0. The highest BCUT2D eigenvalue weighted by molar-refractivity contribution is 5.90. The van der Waals surface area contributed by atoms with Gasteiger partial charge in [0.05, 0.1) is 18.5 Å². The number of aromatic nitrogens is 2. The number of nitrogens with zero attached hydrogens (tertiary/aromatic N) is 2. The molecule has 0 amide bonds. The van der Waals surface area contributed by atoms with Crippen LogP contribution in [0.4, 0.5) is 0 Å². The number of rotatable bonds is 5. The van der Waals surface area contributed by atoms with E-state index in [1.54, 1.807) is 10.9 Å². The molecule has 1 heterocycles. The number of ether oxygens (including phenoxy) is 1. The van der Waals surface area contributed by atoms with Crippen LogP contribution in [0.15, 0.2) is 6.20 Å². The van der Waals surface area contributed by atoms with Crippen molar-refractivity contribution in [2.24, 2.45) is 13.0 Å². The van der Waals surface area contributed by atoms with Gasteiger partial charge >= 0.3 is 5.97 Å². The summed E-state index contributed by atoms with van der Waals surface area (Å²) < 4.78 is 6.80. The molecule has 1 N–H and O–H groups in total. The predicted molar refractivity (Wildman–Crippen MR) is 72.8 cm³/mol. The molecule has 5 heteroatoms. The van der Waals surface area contributed by atoms with E-state index < -0.39 is 0 Å². The van der Waals surface area contributed by atoms with E-state index in [0.717, 1.165) is 5.69 Å². The molecule has 1 aliphatic rings. The van der Waals surface area contributed by atoms with Crippen LogP contribution in [-0.4, -0.2) is 28.4 Å². The Morgan fingerprint density at radius 3 is 3.00 bits per heavy atom. The van der Waals surface area contributed by atoms with Crippen LogP contribution in [0.25, 0.3) is 0 Å². The Hall–Kier alpha value is -1.36. The molecule has 0 spiro atoms. The van der Waals surface area contributed by atoms with Gasteiger partial charge in [-0.05, 0) is 25.7 Å². The van der Waals surface area contributed by atoms with Gasteiger partial charge in [-0.3, -0.25) is 4.68 Å². The minimum Gasteiger partial charge on any atom is -0.462 e. The number of carbonyl (C=O) groups is 1. The van der Waals surface area contributed by atoms with Gasteiger partial charge in [0.2, 0.25) is 0 Å². The van der Waals surface area contributed by atoms with Crippen molar-refractivity contribution in [2.75, 3.05) is 6.61 Å². The minimum atomic E-state index is -0.285. The highest BCUT2D eigenvalue weighted by atomic mass is 16.5. The van der Waals surface area contributed by atoms with Crippen molar-refractivity contribution < 1.29 is 9.53 Å². The quantitative estimate of drug-likeness (QED) is 0.826. The van der Waals surface area contributed by atoms with E-state index in [2.05, 4.69) is 17.3 Å². The van der Waals surface area contributed by atoms with Gasteiger partial charge < -0.3 is 10.1 Å². The Labute approximate surface area is 114 Å². The van der Waals surface area contributed by atoms with Crippen molar-refractivity contribution >= 4 is 5.97 Å². The SMILES string of the molecule is CCOC(=O)c1cnn(C)c1CNC1CCCC1C. The number of nitrogens with one attached hydrogen (secondary N) is 1. The molecule has 0 aromatic carbocycles. The van der Waals surface area contributed by atoms with Crippen molar-refractivity contribution in [1.29, 1.82) is 0 Å². The summed E-state index contributed by atoms with van der Waals surface area (Å²) in [5, 5.41) is 7.70. The molecule has 2 atom stereocenters. The first-order valence-corrected chi connectivity index (χ1v) is 7.04. The van der Waals surface area contributed by atoms with Gasteiger partial charge in [0.15, 0.2) is 0 Å². The van der Waals surface area contributed by atoms with E-state index in [4.69, 9.17) is 4.74 Å². The number of esters is 1. The van der Waals surface area contributed by atoms with Crippen LogP contribution < -0.4 is 5.32 Å². The lowest BCUT2D eigenvalue weighted by molar-refractivity contribution is 0.0524. The molecular formula is C14H23N3O2. The summed E-state index contributed by atoms with van der Waals surface area (Å²) in [4.78, 5) is 11.8. The van der Waals surface area contributed by atoms with Gasteiger partial charge in [0, 0.05) is 19.6 Å². The van der Waals surface area contributed by atoms with Gasteiger partial charge in [0.25, 0.3) is 0 Å². The zero-order chi connectivity index (χ0) is 13.8. The summed E-state index contributed by atoms with van der Waals surface area (Å²) in [5.74, 6) is 0.422. The number of hydrogen-bond acceptors (Lipinski definition) is 4. The third kappa shape index (κ3) is 3.15. The van der Waals surface area contributed by atoms with Crippen molar-refractivity contribution in [1.82, 2.24) is 15.1 Å². The number of aryl methyl sites for hydroxylation is 1. The predicted octanol–water partition coefficient (Wildman–Crippen LogP) is 1.87. The lowest BCUT2D eigenvalue weighted by Gasteiger charge is -2.17. The summed E-state index contributed by atoms with van der Waals surface area (Å²) in [6.45, 7) is 5.15. The van der Waals surface area contributed by atoms with Crippen molar-refractivity contribution in [3.05, 3.63) is 17.5 Å². The lowest BCUT2D eigenvalue weighted by atomic mass is 10.1. The summed E-state index contributed by atoms with van der Waals surface area (Å²) in [5.41, 5.74) is 1.47. The molecule has 1 aliphatic carbocycles. The molecule has 1 aromatic rings. The Bertz CT molecular complexity index is 442. The van der Waals surface area contributed by atoms with Gasteiger partial charge in [-0.15, -0.1) is 0 Å². The van der Waals surface area contributed by atoms with Gasteiger partial charge in [-0.25, -0.2) is 4.79 Å². The number of hydrogen-bond donors (Lipinski definition) is 1. The molecule has 2 unspecified atom stereocenters. The van der Waals surface area contributed by atoms with Crippen LogP contribution in [0, 0.1) is 5.92 Å². The molecule has 0 radical (unpaired) electrons. The molecule has 1 saturated carbocycles. The topological polar surface area (TPSA) is 56.1 Å². The van der Waals surface area contributed by atoms with Gasteiger partial charge in [-0.1, -0.05) is 13.3 Å². The average Bonchev–Trinajstić information content (AvgIpc) is 2.94. The summed E-state index contributed by atoms with van der Waals surface area (Å²) in [6.07, 6.45) is 5.38. The minimum absolute atomic E-state index is 0.285. The Morgan fingerprint density at radius 1 is 1.58 bits per heavy atom. The first kappa shape index (κ1) is 14.1. The lowest BCUT2D eigenvalue weighted by Crippen LogP contribution is -2.31. The fourth-order valence-corrected chi connectivity index (χ4v) is 2.73. The maximum Gasteiger partial charge on any atom is 0.341 e. The monoisotopic (exact) mass is 265 g/mol. The van der Waals surface area contributed by atoms with Gasteiger partial charge in [-0.2, -0.15) is 5.10 Å². The van der Waals surface area contributed by atoms with Crippen LogP contribution in [0.3, 0.4) is 0 Å². The van der Waals surface area contributed by atoms with E-state index in [-0.39, 0.29) is 5.97 Å². The molecule has 106 valence electrons.